The molecular formula is C11H21N3O. The van der Waals surface area contributed by atoms with Crippen LogP contribution in [0.5, 0.6) is 0 Å². The van der Waals surface area contributed by atoms with Crippen LogP contribution >= 0.6 is 0 Å². The molecule has 0 spiro atoms. The molecule has 3 N–H and O–H groups in total. The minimum absolute atomic E-state index is 0.569. The van der Waals surface area contributed by atoms with Crippen LogP contribution in [0, 0.1) is 5.92 Å². The minimum atomic E-state index is -0.622. The smallest absolute Gasteiger partial charge is 0.332 e. The van der Waals surface area contributed by atoms with Crippen molar-refractivity contribution in [3.8, 4) is 0 Å². The third-order valence-corrected chi connectivity index (χ3v) is 1.99. The Hall–Kier alpha value is -1.32. The van der Waals surface area contributed by atoms with E-state index in [2.05, 4.69) is 37.4 Å². The summed E-state index contributed by atoms with van der Waals surface area (Å²) in [6, 6.07) is -0.622. The highest BCUT2D eigenvalue weighted by molar-refractivity contribution is 5.72. The van der Waals surface area contributed by atoms with Gasteiger partial charge in [0, 0.05) is 6.21 Å². The van der Waals surface area contributed by atoms with Crippen LogP contribution in [0.4, 0.5) is 4.79 Å². The van der Waals surface area contributed by atoms with Gasteiger partial charge < -0.3 is 5.73 Å². The van der Waals surface area contributed by atoms with E-state index in [9.17, 15) is 4.79 Å². The van der Waals surface area contributed by atoms with Gasteiger partial charge in [0.1, 0.15) is 0 Å². The number of amides is 2. The normalized spacial score (nSPS) is 12.5. The molecule has 4 nitrogen and oxygen atoms in total. The highest BCUT2D eigenvalue weighted by atomic mass is 16.2. The molecule has 0 saturated heterocycles. The van der Waals surface area contributed by atoms with Crippen LogP contribution in [-0.2, 0) is 0 Å². The van der Waals surface area contributed by atoms with Crippen LogP contribution in [0.3, 0.4) is 0 Å². The number of hydrogen-bond donors (Lipinski definition) is 2. The summed E-state index contributed by atoms with van der Waals surface area (Å²) in [6.07, 6.45) is 7.01. The number of rotatable bonds is 6. The Bertz CT molecular complexity index is 242. The van der Waals surface area contributed by atoms with Crippen molar-refractivity contribution in [2.75, 3.05) is 0 Å². The first-order valence-corrected chi connectivity index (χ1v) is 5.22. The molecule has 0 aliphatic heterocycles. The van der Waals surface area contributed by atoms with Gasteiger partial charge >= 0.3 is 6.03 Å². The van der Waals surface area contributed by atoms with Crippen LogP contribution < -0.4 is 11.2 Å². The number of urea groups is 1. The summed E-state index contributed by atoms with van der Waals surface area (Å²) in [5, 5.41) is 3.69. The summed E-state index contributed by atoms with van der Waals surface area (Å²) in [4.78, 5) is 10.3. The standard InChI is InChI=1S/C11H21N3O/c1-9(2)5-4-6-10(3)7-8-13-14-11(12)15/h5,8,10H,4,6-7H2,1-3H3,(H3,12,14,15)/b13-8+. The fourth-order valence-corrected chi connectivity index (χ4v) is 1.12. The van der Waals surface area contributed by atoms with Gasteiger partial charge in [0.15, 0.2) is 0 Å². The van der Waals surface area contributed by atoms with Crippen molar-refractivity contribution in [1.29, 1.82) is 0 Å². The van der Waals surface area contributed by atoms with Gasteiger partial charge in [0.2, 0.25) is 0 Å². The molecule has 15 heavy (non-hydrogen) atoms. The largest absolute Gasteiger partial charge is 0.350 e. The molecule has 2 amide bonds. The van der Waals surface area contributed by atoms with Gasteiger partial charge in [-0.3, -0.25) is 0 Å². The first-order valence-electron chi connectivity index (χ1n) is 5.22. The number of primary amides is 1. The quantitative estimate of drug-likeness (QED) is 0.395. The number of hydrogen-bond acceptors (Lipinski definition) is 2. The monoisotopic (exact) mass is 211 g/mol. The molecule has 4 heteroatoms. The van der Waals surface area contributed by atoms with Crippen LogP contribution in [0.15, 0.2) is 16.8 Å². The van der Waals surface area contributed by atoms with Crippen molar-refractivity contribution in [1.82, 2.24) is 5.43 Å². The summed E-state index contributed by atoms with van der Waals surface area (Å²) >= 11 is 0. The van der Waals surface area contributed by atoms with Crippen molar-refractivity contribution < 1.29 is 4.79 Å². The van der Waals surface area contributed by atoms with Gasteiger partial charge in [-0.25, -0.2) is 10.2 Å². The van der Waals surface area contributed by atoms with Crippen LogP contribution in [0.1, 0.15) is 40.0 Å². The van der Waals surface area contributed by atoms with Crippen LogP contribution in [0.2, 0.25) is 0 Å². The summed E-state index contributed by atoms with van der Waals surface area (Å²) in [5.74, 6) is 0.569. The fraction of sp³-hybridized carbons (Fsp3) is 0.636. The van der Waals surface area contributed by atoms with Gasteiger partial charge in [-0.15, -0.1) is 0 Å². The Kier molecular flexibility index (Phi) is 7.32. The number of carbonyl (C=O) groups is 1. The maximum atomic E-state index is 10.3. The third-order valence-electron chi connectivity index (χ3n) is 1.99. The lowest BCUT2D eigenvalue weighted by Gasteiger charge is -2.05. The van der Waals surface area contributed by atoms with Crippen molar-refractivity contribution >= 4 is 12.2 Å². The van der Waals surface area contributed by atoms with E-state index >= 15 is 0 Å². The van der Waals surface area contributed by atoms with Gasteiger partial charge in [0.05, 0.1) is 0 Å². The Morgan fingerprint density at radius 2 is 2.20 bits per heavy atom. The zero-order valence-electron chi connectivity index (χ0n) is 9.79. The molecule has 0 fully saturated rings. The van der Waals surface area contributed by atoms with E-state index in [1.165, 1.54) is 5.57 Å². The molecule has 0 saturated carbocycles. The molecule has 0 aromatic rings. The first kappa shape index (κ1) is 13.7. The molecular weight excluding hydrogens is 190 g/mol. The number of nitrogens with zero attached hydrogens (tertiary/aromatic N) is 1. The lowest BCUT2D eigenvalue weighted by molar-refractivity contribution is 0.249. The summed E-state index contributed by atoms with van der Waals surface area (Å²) < 4.78 is 0. The average Bonchev–Trinajstić information content (AvgIpc) is 2.11. The van der Waals surface area contributed by atoms with Crippen LogP contribution in [-0.4, -0.2) is 12.2 Å². The van der Waals surface area contributed by atoms with Crippen molar-refractivity contribution in [2.45, 2.75) is 40.0 Å². The molecule has 0 heterocycles. The van der Waals surface area contributed by atoms with E-state index < -0.39 is 6.03 Å². The number of hydrazone groups is 1. The molecule has 86 valence electrons. The highest BCUT2D eigenvalue weighted by Crippen LogP contribution is 2.10. The maximum Gasteiger partial charge on any atom is 0.332 e. The zero-order valence-corrected chi connectivity index (χ0v) is 9.79. The second-order valence-electron chi connectivity index (χ2n) is 3.99. The van der Waals surface area contributed by atoms with Crippen molar-refractivity contribution in [3.05, 3.63) is 11.6 Å². The Balaban J connectivity index is 3.57. The van der Waals surface area contributed by atoms with Gasteiger partial charge in [-0.1, -0.05) is 18.6 Å². The van der Waals surface area contributed by atoms with E-state index in [1.807, 2.05) is 0 Å². The van der Waals surface area contributed by atoms with Gasteiger partial charge in [0.25, 0.3) is 0 Å². The average molecular weight is 211 g/mol. The minimum Gasteiger partial charge on any atom is -0.350 e. The number of nitrogens with one attached hydrogen (secondary N) is 1. The molecule has 1 atom stereocenters. The predicted octanol–water partition coefficient (Wildman–Crippen LogP) is 2.41. The first-order chi connectivity index (χ1) is 7.02. The Morgan fingerprint density at radius 3 is 2.73 bits per heavy atom. The van der Waals surface area contributed by atoms with Crippen LogP contribution in [0.25, 0.3) is 0 Å². The Morgan fingerprint density at radius 1 is 1.53 bits per heavy atom. The molecule has 0 rings (SSSR count). The molecule has 0 radical (unpaired) electrons. The van der Waals surface area contributed by atoms with E-state index in [4.69, 9.17) is 5.73 Å². The van der Waals surface area contributed by atoms with E-state index in [-0.39, 0.29) is 0 Å². The molecule has 0 aromatic carbocycles. The molecule has 0 aliphatic rings. The van der Waals surface area contributed by atoms with Gasteiger partial charge in [-0.2, -0.15) is 5.10 Å². The topological polar surface area (TPSA) is 67.5 Å². The van der Waals surface area contributed by atoms with E-state index in [0.29, 0.717) is 5.92 Å². The number of allylic oxidation sites excluding steroid dienone is 2. The van der Waals surface area contributed by atoms with E-state index in [0.717, 1.165) is 19.3 Å². The van der Waals surface area contributed by atoms with Crippen molar-refractivity contribution in [3.63, 3.8) is 0 Å². The summed E-state index contributed by atoms with van der Waals surface area (Å²) in [7, 11) is 0. The molecule has 0 bridgehead atoms. The molecule has 1 unspecified atom stereocenters. The third kappa shape index (κ3) is 10.6. The predicted molar refractivity (Wildman–Crippen MR) is 63.7 cm³/mol. The Labute approximate surface area is 91.6 Å². The fourth-order valence-electron chi connectivity index (χ4n) is 1.12. The second kappa shape index (κ2) is 8.03. The maximum absolute atomic E-state index is 10.3. The SMILES string of the molecule is CC(C)=CCCC(C)C/C=N/NC(N)=O. The number of carbonyl (C=O) groups excluding carboxylic acids is 1. The lowest BCUT2D eigenvalue weighted by Crippen LogP contribution is -2.24. The van der Waals surface area contributed by atoms with Gasteiger partial charge in [-0.05, 0) is 39.0 Å². The number of nitrogens with two attached hydrogens (primary N) is 1. The zero-order chi connectivity index (χ0) is 11.7. The van der Waals surface area contributed by atoms with E-state index in [1.54, 1.807) is 6.21 Å². The summed E-state index contributed by atoms with van der Waals surface area (Å²) in [6.45, 7) is 6.36. The lowest BCUT2D eigenvalue weighted by atomic mass is 10.0. The summed E-state index contributed by atoms with van der Waals surface area (Å²) in [5.41, 5.74) is 8.38. The molecule has 0 aliphatic carbocycles. The second-order valence-corrected chi connectivity index (χ2v) is 3.99. The molecule has 0 aromatic heterocycles. The van der Waals surface area contributed by atoms with Crippen molar-refractivity contribution in [2.24, 2.45) is 16.8 Å². The highest BCUT2D eigenvalue weighted by Gasteiger charge is 1.98.